The average molecular weight is 380 g/mol. The van der Waals surface area contributed by atoms with Crippen molar-refractivity contribution >= 4 is 23.1 Å². The Bertz CT molecular complexity index is 913. The quantitative estimate of drug-likeness (QED) is 0.733. The molecular weight excluding hydrogens is 355 g/mol. The molecule has 2 aromatic carbocycles. The zero-order chi connectivity index (χ0) is 20.4. The van der Waals surface area contributed by atoms with Crippen molar-refractivity contribution in [3.8, 4) is 0 Å². The molecule has 28 heavy (non-hydrogen) atoms. The first kappa shape index (κ1) is 19.8. The minimum Gasteiger partial charge on any atom is -0.350 e. The van der Waals surface area contributed by atoms with E-state index >= 15 is 0 Å². The summed E-state index contributed by atoms with van der Waals surface area (Å²) in [5.41, 5.74) is 2.94. The predicted octanol–water partition coefficient (Wildman–Crippen LogP) is 4.80. The molecule has 1 heterocycles. The molecule has 2 aromatic rings. The fourth-order valence-corrected chi connectivity index (χ4v) is 3.20. The summed E-state index contributed by atoms with van der Waals surface area (Å²) in [7, 11) is 0. The van der Waals surface area contributed by atoms with E-state index in [0.29, 0.717) is 18.0 Å². The Morgan fingerprint density at radius 1 is 0.893 bits per heavy atom. The number of imide groups is 1. The normalized spacial score (nSPS) is 14.6. The SMILES string of the molecule is CC(C)CN1C(=O)C(Nc2ccc(C(C)C)cc2)=C(c2ccc(F)cc2)C1=O. The first-order chi connectivity index (χ1) is 13.3. The van der Waals surface area contributed by atoms with Gasteiger partial charge in [-0.3, -0.25) is 14.5 Å². The predicted molar refractivity (Wildman–Crippen MR) is 109 cm³/mol. The zero-order valence-corrected chi connectivity index (χ0v) is 16.6. The number of amides is 2. The molecule has 0 bridgehead atoms. The molecule has 4 nitrogen and oxygen atoms in total. The van der Waals surface area contributed by atoms with Gasteiger partial charge in [0.15, 0.2) is 0 Å². The summed E-state index contributed by atoms with van der Waals surface area (Å²) in [4.78, 5) is 27.2. The summed E-state index contributed by atoms with van der Waals surface area (Å²) in [6.45, 7) is 8.46. The van der Waals surface area contributed by atoms with Crippen molar-refractivity contribution in [2.75, 3.05) is 11.9 Å². The number of hydrogen-bond donors (Lipinski definition) is 1. The van der Waals surface area contributed by atoms with Crippen molar-refractivity contribution in [2.45, 2.75) is 33.6 Å². The molecule has 0 saturated carbocycles. The number of hydrogen-bond acceptors (Lipinski definition) is 3. The van der Waals surface area contributed by atoms with E-state index in [2.05, 4.69) is 19.2 Å². The first-order valence-electron chi connectivity index (χ1n) is 9.51. The maximum atomic E-state index is 13.3. The molecule has 0 aliphatic carbocycles. The molecule has 2 amide bonds. The number of halogens is 1. The number of rotatable bonds is 6. The number of benzene rings is 2. The number of carbonyl (C=O) groups is 2. The third-order valence-corrected chi connectivity index (χ3v) is 4.70. The topological polar surface area (TPSA) is 49.4 Å². The molecule has 0 fully saturated rings. The Morgan fingerprint density at radius 2 is 1.50 bits per heavy atom. The lowest BCUT2D eigenvalue weighted by atomic mass is 10.0. The van der Waals surface area contributed by atoms with Crippen molar-refractivity contribution in [3.63, 3.8) is 0 Å². The highest BCUT2D eigenvalue weighted by Crippen LogP contribution is 2.31. The van der Waals surface area contributed by atoms with Gasteiger partial charge >= 0.3 is 0 Å². The van der Waals surface area contributed by atoms with Crippen molar-refractivity contribution in [1.29, 1.82) is 0 Å². The third-order valence-electron chi connectivity index (χ3n) is 4.70. The smallest absolute Gasteiger partial charge is 0.278 e. The zero-order valence-electron chi connectivity index (χ0n) is 16.6. The summed E-state index contributed by atoms with van der Waals surface area (Å²) in [5.74, 6) is -0.553. The van der Waals surface area contributed by atoms with Crippen molar-refractivity contribution in [1.82, 2.24) is 4.90 Å². The maximum absolute atomic E-state index is 13.3. The van der Waals surface area contributed by atoms with Crippen LogP contribution in [0.5, 0.6) is 0 Å². The van der Waals surface area contributed by atoms with Crippen LogP contribution in [0.3, 0.4) is 0 Å². The van der Waals surface area contributed by atoms with Gasteiger partial charge in [-0.15, -0.1) is 0 Å². The van der Waals surface area contributed by atoms with Crippen LogP contribution in [0.2, 0.25) is 0 Å². The van der Waals surface area contributed by atoms with E-state index in [1.807, 2.05) is 38.1 Å². The Balaban J connectivity index is 2.01. The fraction of sp³-hybridized carbons (Fsp3) is 0.304. The Hall–Kier alpha value is -2.95. The molecule has 0 aromatic heterocycles. The average Bonchev–Trinajstić information content (AvgIpc) is 2.87. The van der Waals surface area contributed by atoms with Crippen LogP contribution in [0.4, 0.5) is 10.1 Å². The fourth-order valence-electron chi connectivity index (χ4n) is 3.20. The molecule has 0 saturated heterocycles. The second-order valence-electron chi connectivity index (χ2n) is 7.77. The van der Waals surface area contributed by atoms with Crippen LogP contribution < -0.4 is 5.32 Å². The van der Waals surface area contributed by atoms with Gasteiger partial charge < -0.3 is 5.32 Å². The van der Waals surface area contributed by atoms with Gasteiger partial charge in [-0.2, -0.15) is 0 Å². The van der Waals surface area contributed by atoms with Gasteiger partial charge in [-0.05, 0) is 47.2 Å². The van der Waals surface area contributed by atoms with Crippen LogP contribution in [0.25, 0.3) is 5.57 Å². The van der Waals surface area contributed by atoms with E-state index in [1.165, 1.54) is 34.7 Å². The van der Waals surface area contributed by atoms with E-state index in [-0.39, 0.29) is 34.8 Å². The highest BCUT2D eigenvalue weighted by molar-refractivity contribution is 6.36. The lowest BCUT2D eigenvalue weighted by Gasteiger charge is -2.17. The summed E-state index contributed by atoms with van der Waals surface area (Å²) in [5, 5.41) is 3.13. The van der Waals surface area contributed by atoms with E-state index in [4.69, 9.17) is 0 Å². The lowest BCUT2D eigenvalue weighted by molar-refractivity contribution is -0.137. The summed E-state index contributed by atoms with van der Waals surface area (Å²) in [6, 6.07) is 13.4. The minimum absolute atomic E-state index is 0.145. The summed E-state index contributed by atoms with van der Waals surface area (Å²) >= 11 is 0. The number of carbonyl (C=O) groups excluding carboxylic acids is 2. The standard InChI is InChI=1S/C23H25FN2O2/c1-14(2)13-26-22(27)20(17-5-9-18(24)10-6-17)21(23(26)28)25-19-11-7-16(8-12-19)15(3)4/h5-12,14-15,25H,13H2,1-4H3. The monoisotopic (exact) mass is 380 g/mol. The second-order valence-corrected chi connectivity index (χ2v) is 7.77. The first-order valence-corrected chi connectivity index (χ1v) is 9.51. The highest BCUT2D eigenvalue weighted by atomic mass is 19.1. The molecule has 3 rings (SSSR count). The van der Waals surface area contributed by atoms with Crippen LogP contribution in [-0.4, -0.2) is 23.3 Å². The number of anilines is 1. The Labute approximate surface area is 165 Å². The molecular formula is C23H25FN2O2. The summed E-state index contributed by atoms with van der Waals surface area (Å²) < 4.78 is 13.3. The molecule has 0 atom stereocenters. The van der Waals surface area contributed by atoms with Gasteiger partial charge in [0.1, 0.15) is 11.5 Å². The van der Waals surface area contributed by atoms with Crippen molar-refractivity contribution < 1.29 is 14.0 Å². The van der Waals surface area contributed by atoms with Crippen LogP contribution in [0.1, 0.15) is 44.7 Å². The minimum atomic E-state index is -0.390. The molecule has 0 unspecified atom stereocenters. The van der Waals surface area contributed by atoms with Crippen LogP contribution >= 0.6 is 0 Å². The van der Waals surface area contributed by atoms with Crippen LogP contribution in [0, 0.1) is 11.7 Å². The van der Waals surface area contributed by atoms with E-state index in [1.54, 1.807) is 0 Å². The van der Waals surface area contributed by atoms with E-state index < -0.39 is 0 Å². The van der Waals surface area contributed by atoms with E-state index in [9.17, 15) is 14.0 Å². The highest BCUT2D eigenvalue weighted by Gasteiger charge is 2.39. The molecule has 0 spiro atoms. The molecule has 0 radical (unpaired) electrons. The van der Waals surface area contributed by atoms with Gasteiger partial charge in [0, 0.05) is 12.2 Å². The van der Waals surface area contributed by atoms with Crippen molar-refractivity contribution in [3.05, 3.63) is 71.2 Å². The third kappa shape index (κ3) is 3.98. The number of nitrogens with one attached hydrogen (secondary N) is 1. The number of nitrogens with zero attached hydrogens (tertiary/aromatic N) is 1. The second kappa shape index (κ2) is 7.97. The Kier molecular flexibility index (Phi) is 5.63. The molecule has 5 heteroatoms. The van der Waals surface area contributed by atoms with Gasteiger partial charge in [-0.25, -0.2) is 4.39 Å². The van der Waals surface area contributed by atoms with Gasteiger partial charge in [-0.1, -0.05) is 52.0 Å². The largest absolute Gasteiger partial charge is 0.350 e. The van der Waals surface area contributed by atoms with Gasteiger partial charge in [0.05, 0.1) is 5.57 Å². The molecule has 146 valence electrons. The van der Waals surface area contributed by atoms with E-state index in [0.717, 1.165) is 5.69 Å². The molecule has 1 aliphatic rings. The van der Waals surface area contributed by atoms with Crippen LogP contribution in [0.15, 0.2) is 54.2 Å². The lowest BCUT2D eigenvalue weighted by Crippen LogP contribution is -2.35. The van der Waals surface area contributed by atoms with Crippen LogP contribution in [-0.2, 0) is 9.59 Å². The van der Waals surface area contributed by atoms with Crippen molar-refractivity contribution in [2.24, 2.45) is 5.92 Å². The van der Waals surface area contributed by atoms with Gasteiger partial charge in [0.2, 0.25) is 0 Å². The molecule has 1 aliphatic heterocycles. The molecule has 1 N–H and O–H groups in total. The summed E-state index contributed by atoms with van der Waals surface area (Å²) in [6.07, 6.45) is 0. The maximum Gasteiger partial charge on any atom is 0.278 e. The van der Waals surface area contributed by atoms with Gasteiger partial charge in [0.25, 0.3) is 11.8 Å². The Morgan fingerprint density at radius 3 is 2.04 bits per heavy atom.